The van der Waals surface area contributed by atoms with Crippen LogP contribution in [-0.2, 0) is 13.2 Å². The van der Waals surface area contributed by atoms with Crippen LogP contribution in [0, 0.1) is 13.8 Å². The van der Waals surface area contributed by atoms with Crippen LogP contribution >= 0.6 is 11.3 Å². The molecule has 3 aromatic rings. The molecule has 0 aliphatic rings. The summed E-state index contributed by atoms with van der Waals surface area (Å²) in [5.41, 5.74) is 3.50. The summed E-state index contributed by atoms with van der Waals surface area (Å²) in [4.78, 5) is 20.7. The predicted octanol–water partition coefficient (Wildman–Crippen LogP) is 3.66. The van der Waals surface area contributed by atoms with Crippen LogP contribution in [0.2, 0.25) is 0 Å². The number of carbonyl (C=O) groups is 1. The number of aromatic nitrogens is 2. The molecule has 0 atom stereocenters. The summed E-state index contributed by atoms with van der Waals surface area (Å²) in [6.07, 6.45) is 1.70. The van der Waals surface area contributed by atoms with Crippen LogP contribution < -0.4 is 10.1 Å². The first-order valence-corrected chi connectivity index (χ1v) is 8.82. The van der Waals surface area contributed by atoms with Gasteiger partial charge in [-0.25, -0.2) is 4.98 Å². The molecule has 2 aromatic heterocycles. The summed E-state index contributed by atoms with van der Waals surface area (Å²) in [6.45, 7) is 4.79. The van der Waals surface area contributed by atoms with Crippen molar-refractivity contribution in [3.63, 3.8) is 0 Å². The van der Waals surface area contributed by atoms with E-state index in [-0.39, 0.29) is 5.91 Å². The molecule has 6 heteroatoms. The molecular formula is C19H19N3O2S. The van der Waals surface area contributed by atoms with Gasteiger partial charge in [0.05, 0.1) is 12.2 Å². The van der Waals surface area contributed by atoms with Crippen LogP contribution in [0.15, 0.2) is 48.0 Å². The van der Waals surface area contributed by atoms with Gasteiger partial charge in [-0.3, -0.25) is 9.78 Å². The highest BCUT2D eigenvalue weighted by Gasteiger charge is 2.11. The zero-order valence-electron chi connectivity index (χ0n) is 14.2. The number of amides is 1. The maximum atomic E-state index is 12.2. The maximum Gasteiger partial charge on any atom is 0.271 e. The van der Waals surface area contributed by atoms with Crippen molar-refractivity contribution in [3.05, 3.63) is 75.5 Å². The van der Waals surface area contributed by atoms with E-state index in [0.29, 0.717) is 18.8 Å². The lowest BCUT2D eigenvalue weighted by Crippen LogP contribution is -2.23. The Morgan fingerprint density at radius 1 is 1.24 bits per heavy atom. The fourth-order valence-electron chi connectivity index (χ4n) is 2.35. The molecule has 0 saturated heterocycles. The van der Waals surface area contributed by atoms with Crippen molar-refractivity contribution in [2.45, 2.75) is 27.0 Å². The van der Waals surface area contributed by atoms with Gasteiger partial charge in [0.1, 0.15) is 23.1 Å². The standard InChI is InChI=1S/C19H19N3O2S/c1-13-6-7-17(14(2)9-13)24-11-18-22-16(12-25-18)19(23)21-10-15-5-3-4-8-20-15/h3-9,12H,10-11H2,1-2H3,(H,21,23). The molecular weight excluding hydrogens is 334 g/mol. The van der Waals surface area contributed by atoms with Crippen LogP contribution in [0.3, 0.4) is 0 Å². The fourth-order valence-corrected chi connectivity index (χ4v) is 3.03. The first-order chi connectivity index (χ1) is 12.1. The Balaban J connectivity index is 1.55. The van der Waals surface area contributed by atoms with Crippen molar-refractivity contribution < 1.29 is 9.53 Å². The van der Waals surface area contributed by atoms with Crippen molar-refractivity contribution >= 4 is 17.2 Å². The molecule has 0 aliphatic carbocycles. The fraction of sp³-hybridized carbons (Fsp3) is 0.211. The number of ether oxygens (including phenoxy) is 1. The highest BCUT2D eigenvalue weighted by molar-refractivity contribution is 7.09. The maximum absolute atomic E-state index is 12.2. The molecule has 1 N–H and O–H groups in total. The van der Waals surface area contributed by atoms with Crippen molar-refractivity contribution in [1.29, 1.82) is 0 Å². The Bertz CT molecular complexity index is 862. The van der Waals surface area contributed by atoms with E-state index in [1.165, 1.54) is 16.9 Å². The molecule has 1 amide bonds. The summed E-state index contributed by atoms with van der Waals surface area (Å²) in [5.74, 6) is 0.627. The Morgan fingerprint density at radius 3 is 2.88 bits per heavy atom. The van der Waals surface area contributed by atoms with E-state index < -0.39 is 0 Å². The van der Waals surface area contributed by atoms with E-state index in [1.807, 2.05) is 44.2 Å². The van der Waals surface area contributed by atoms with Gasteiger partial charge < -0.3 is 10.1 Å². The molecule has 0 bridgehead atoms. The highest BCUT2D eigenvalue weighted by Crippen LogP contribution is 2.21. The summed E-state index contributed by atoms with van der Waals surface area (Å²) >= 11 is 1.42. The van der Waals surface area contributed by atoms with E-state index >= 15 is 0 Å². The Kier molecular flexibility index (Phi) is 5.40. The molecule has 0 unspecified atom stereocenters. The smallest absolute Gasteiger partial charge is 0.271 e. The minimum Gasteiger partial charge on any atom is -0.486 e. The Morgan fingerprint density at radius 2 is 2.12 bits per heavy atom. The second-order valence-electron chi connectivity index (χ2n) is 5.69. The molecule has 0 radical (unpaired) electrons. The third kappa shape index (κ3) is 4.64. The zero-order valence-corrected chi connectivity index (χ0v) is 15.0. The lowest BCUT2D eigenvalue weighted by Gasteiger charge is -2.08. The third-order valence-corrected chi connectivity index (χ3v) is 4.44. The van der Waals surface area contributed by atoms with Crippen molar-refractivity contribution in [1.82, 2.24) is 15.3 Å². The number of benzene rings is 1. The van der Waals surface area contributed by atoms with Crippen LogP contribution in [0.25, 0.3) is 0 Å². The highest BCUT2D eigenvalue weighted by atomic mass is 32.1. The number of hydrogen-bond donors (Lipinski definition) is 1. The number of aryl methyl sites for hydroxylation is 2. The minimum atomic E-state index is -0.209. The van der Waals surface area contributed by atoms with E-state index in [2.05, 4.69) is 21.4 Å². The topological polar surface area (TPSA) is 64.1 Å². The quantitative estimate of drug-likeness (QED) is 0.734. The molecule has 25 heavy (non-hydrogen) atoms. The number of carbonyl (C=O) groups excluding carboxylic acids is 1. The third-order valence-electron chi connectivity index (χ3n) is 3.62. The largest absolute Gasteiger partial charge is 0.486 e. The number of nitrogens with zero attached hydrogens (tertiary/aromatic N) is 2. The van der Waals surface area contributed by atoms with Gasteiger partial charge >= 0.3 is 0 Å². The SMILES string of the molecule is Cc1ccc(OCc2nc(C(=O)NCc3ccccn3)cs2)c(C)c1. The average molecular weight is 353 g/mol. The molecule has 0 aliphatic heterocycles. The van der Waals surface area contributed by atoms with E-state index in [0.717, 1.165) is 22.0 Å². The van der Waals surface area contributed by atoms with E-state index in [9.17, 15) is 4.79 Å². The summed E-state index contributed by atoms with van der Waals surface area (Å²) < 4.78 is 5.81. The van der Waals surface area contributed by atoms with Crippen LogP contribution in [0.5, 0.6) is 5.75 Å². The van der Waals surface area contributed by atoms with E-state index in [1.54, 1.807) is 11.6 Å². The Hall–Kier alpha value is -2.73. The predicted molar refractivity (Wildman–Crippen MR) is 97.8 cm³/mol. The van der Waals surface area contributed by atoms with Gasteiger partial charge in [-0.2, -0.15) is 0 Å². The van der Waals surface area contributed by atoms with Crippen molar-refractivity contribution in [2.75, 3.05) is 0 Å². The molecule has 2 heterocycles. The van der Waals surface area contributed by atoms with Gasteiger partial charge in [0, 0.05) is 11.6 Å². The summed E-state index contributed by atoms with van der Waals surface area (Å²) in [5, 5.41) is 5.33. The van der Waals surface area contributed by atoms with Crippen molar-refractivity contribution in [3.8, 4) is 5.75 Å². The monoisotopic (exact) mass is 353 g/mol. The second kappa shape index (κ2) is 7.90. The molecule has 0 spiro atoms. The molecule has 5 nitrogen and oxygen atoms in total. The first kappa shape index (κ1) is 17.1. The van der Waals surface area contributed by atoms with Gasteiger partial charge in [0.15, 0.2) is 0 Å². The van der Waals surface area contributed by atoms with Gasteiger partial charge in [-0.15, -0.1) is 11.3 Å². The molecule has 1 aromatic carbocycles. The second-order valence-corrected chi connectivity index (χ2v) is 6.63. The lowest BCUT2D eigenvalue weighted by atomic mass is 10.1. The molecule has 0 saturated carbocycles. The van der Waals surface area contributed by atoms with Gasteiger partial charge in [-0.1, -0.05) is 23.8 Å². The average Bonchev–Trinajstić information content (AvgIpc) is 3.09. The number of pyridine rings is 1. The van der Waals surface area contributed by atoms with Crippen LogP contribution in [-0.4, -0.2) is 15.9 Å². The number of thiazole rings is 1. The Labute approximate surface area is 150 Å². The first-order valence-electron chi connectivity index (χ1n) is 7.94. The van der Waals surface area contributed by atoms with E-state index in [4.69, 9.17) is 4.74 Å². The molecule has 3 rings (SSSR count). The number of rotatable bonds is 6. The summed E-state index contributed by atoms with van der Waals surface area (Å²) in [6, 6.07) is 11.6. The van der Waals surface area contributed by atoms with Gasteiger partial charge in [0.25, 0.3) is 5.91 Å². The number of nitrogens with one attached hydrogen (secondary N) is 1. The van der Waals surface area contributed by atoms with Crippen molar-refractivity contribution in [2.24, 2.45) is 0 Å². The minimum absolute atomic E-state index is 0.209. The molecule has 0 fully saturated rings. The molecule has 128 valence electrons. The van der Waals surface area contributed by atoms with Gasteiger partial charge in [0.2, 0.25) is 0 Å². The zero-order chi connectivity index (χ0) is 17.6. The van der Waals surface area contributed by atoms with Gasteiger partial charge in [-0.05, 0) is 37.6 Å². The van der Waals surface area contributed by atoms with Crippen LogP contribution in [0.4, 0.5) is 0 Å². The summed E-state index contributed by atoms with van der Waals surface area (Å²) in [7, 11) is 0. The number of hydrogen-bond acceptors (Lipinski definition) is 5. The normalized spacial score (nSPS) is 10.5. The van der Waals surface area contributed by atoms with Crippen LogP contribution in [0.1, 0.15) is 32.3 Å². The lowest BCUT2D eigenvalue weighted by molar-refractivity contribution is 0.0946.